The number of hydrogen-bond acceptors (Lipinski definition) is 5. The third-order valence-corrected chi connectivity index (χ3v) is 3.03. The maximum Gasteiger partial charge on any atom is 0.269 e. The van der Waals surface area contributed by atoms with E-state index in [9.17, 15) is 9.18 Å². The summed E-state index contributed by atoms with van der Waals surface area (Å²) in [5.41, 5.74) is 0.745. The summed E-state index contributed by atoms with van der Waals surface area (Å²) in [6, 6.07) is 7.81. The van der Waals surface area contributed by atoms with E-state index in [1.807, 2.05) is 0 Å². The minimum absolute atomic E-state index is 0.198. The fourth-order valence-electron chi connectivity index (χ4n) is 2.00. The fourth-order valence-corrected chi connectivity index (χ4v) is 2.00. The summed E-state index contributed by atoms with van der Waals surface area (Å²) in [6.07, 6.45) is -0.611. The molecule has 0 radical (unpaired) electrons. The van der Waals surface area contributed by atoms with E-state index in [1.165, 1.54) is 6.07 Å². The molecule has 0 bridgehead atoms. The summed E-state index contributed by atoms with van der Waals surface area (Å²) < 4.78 is 18.5. The van der Waals surface area contributed by atoms with Gasteiger partial charge in [0.05, 0.1) is 5.71 Å². The summed E-state index contributed by atoms with van der Waals surface area (Å²) >= 11 is 0. The molecule has 1 N–H and O–H groups in total. The Hall–Kier alpha value is -2.70. The van der Waals surface area contributed by atoms with Crippen LogP contribution in [0.2, 0.25) is 0 Å². The normalized spacial score (nSPS) is 17.2. The summed E-state index contributed by atoms with van der Waals surface area (Å²) in [4.78, 5) is 17.1. The molecular weight excluding hydrogens is 277 g/mol. The van der Waals surface area contributed by atoms with Gasteiger partial charge in [0.25, 0.3) is 5.91 Å². The molecule has 1 atom stereocenters. The van der Waals surface area contributed by atoms with Crippen molar-refractivity contribution in [2.24, 2.45) is 5.16 Å². The van der Waals surface area contributed by atoms with E-state index in [-0.39, 0.29) is 6.42 Å². The third kappa shape index (κ3) is 2.76. The lowest BCUT2D eigenvalue weighted by Gasteiger charge is -2.06. The van der Waals surface area contributed by atoms with Crippen molar-refractivity contribution in [1.29, 1.82) is 0 Å². The van der Waals surface area contributed by atoms with E-state index in [2.05, 4.69) is 15.6 Å². The first-order valence-electron chi connectivity index (χ1n) is 6.35. The highest BCUT2D eigenvalue weighted by Gasteiger charge is 2.30. The Kier molecular flexibility index (Phi) is 3.39. The molecule has 0 saturated carbocycles. The van der Waals surface area contributed by atoms with E-state index >= 15 is 0 Å². The molecule has 21 heavy (non-hydrogen) atoms. The largest absolute Gasteiger partial charge is 0.382 e. The van der Waals surface area contributed by atoms with Gasteiger partial charge in [0, 0.05) is 18.1 Å². The number of nitrogens with one attached hydrogen (secondary N) is 1. The number of oxime groups is 1. The van der Waals surface area contributed by atoms with Crippen LogP contribution in [-0.2, 0) is 9.63 Å². The maximum atomic E-state index is 13.7. The van der Waals surface area contributed by atoms with Gasteiger partial charge in [-0.05, 0) is 13.0 Å². The van der Waals surface area contributed by atoms with Gasteiger partial charge in [-0.2, -0.15) is 0 Å². The number of hydrogen-bond donors (Lipinski definition) is 1. The van der Waals surface area contributed by atoms with Crippen molar-refractivity contribution >= 4 is 17.4 Å². The lowest BCUT2D eigenvalue weighted by molar-refractivity contribution is -0.125. The molecule has 1 unspecified atom stereocenters. The van der Waals surface area contributed by atoms with Crippen LogP contribution in [0.4, 0.5) is 10.2 Å². The molecule has 0 spiro atoms. The van der Waals surface area contributed by atoms with Crippen LogP contribution in [0.25, 0.3) is 0 Å². The molecule has 2 aromatic rings. The van der Waals surface area contributed by atoms with E-state index in [0.29, 0.717) is 22.9 Å². The maximum absolute atomic E-state index is 13.7. The minimum atomic E-state index is -0.809. The van der Waals surface area contributed by atoms with E-state index in [1.54, 1.807) is 31.2 Å². The van der Waals surface area contributed by atoms with Gasteiger partial charge in [-0.25, -0.2) is 4.39 Å². The quantitative estimate of drug-likeness (QED) is 0.940. The highest BCUT2D eigenvalue weighted by molar-refractivity contribution is 6.06. The van der Waals surface area contributed by atoms with Gasteiger partial charge in [-0.1, -0.05) is 28.5 Å². The van der Waals surface area contributed by atoms with Gasteiger partial charge >= 0.3 is 0 Å². The highest BCUT2D eigenvalue weighted by atomic mass is 19.1. The van der Waals surface area contributed by atoms with Crippen molar-refractivity contribution < 1.29 is 18.5 Å². The highest BCUT2D eigenvalue weighted by Crippen LogP contribution is 2.20. The molecule has 0 fully saturated rings. The monoisotopic (exact) mass is 289 g/mol. The smallest absolute Gasteiger partial charge is 0.269 e. The van der Waals surface area contributed by atoms with Gasteiger partial charge in [0.1, 0.15) is 11.6 Å². The lowest BCUT2D eigenvalue weighted by Crippen LogP contribution is -2.28. The predicted octanol–water partition coefficient (Wildman–Crippen LogP) is 2.25. The number of carbonyl (C=O) groups excluding carboxylic acids is 1. The van der Waals surface area contributed by atoms with Crippen LogP contribution < -0.4 is 5.32 Å². The summed E-state index contributed by atoms with van der Waals surface area (Å²) in [7, 11) is 0. The molecule has 108 valence electrons. The van der Waals surface area contributed by atoms with Crippen LogP contribution >= 0.6 is 0 Å². The molecule has 2 heterocycles. The fraction of sp³-hybridized carbons (Fsp3) is 0.214. The third-order valence-electron chi connectivity index (χ3n) is 3.03. The Morgan fingerprint density at radius 3 is 2.95 bits per heavy atom. The first-order valence-corrected chi connectivity index (χ1v) is 6.35. The number of benzene rings is 1. The van der Waals surface area contributed by atoms with Crippen LogP contribution in [0.3, 0.4) is 0 Å². The molecule has 1 aromatic carbocycles. The average molecular weight is 289 g/mol. The second-order valence-corrected chi connectivity index (χ2v) is 4.63. The molecule has 1 aliphatic heterocycles. The van der Waals surface area contributed by atoms with Crippen molar-refractivity contribution in [2.75, 3.05) is 5.32 Å². The van der Waals surface area contributed by atoms with Gasteiger partial charge in [0.2, 0.25) is 6.10 Å². The summed E-state index contributed by atoms with van der Waals surface area (Å²) in [6.45, 7) is 1.72. The molecule has 7 heteroatoms. The Morgan fingerprint density at radius 2 is 2.24 bits per heavy atom. The number of anilines is 1. The van der Waals surface area contributed by atoms with Gasteiger partial charge in [-0.15, -0.1) is 0 Å². The average Bonchev–Trinajstić information content (AvgIpc) is 3.09. The number of rotatable bonds is 3. The molecule has 1 aromatic heterocycles. The number of halogens is 1. The SMILES string of the molecule is Cc1cc(NC(=O)C2CC(c3ccccc3F)=NO2)no1. The van der Waals surface area contributed by atoms with Crippen LogP contribution in [-0.4, -0.2) is 22.9 Å². The first-order chi connectivity index (χ1) is 10.1. The number of amides is 1. The summed E-state index contributed by atoms with van der Waals surface area (Å²) in [5, 5.41) is 10.0. The van der Waals surface area contributed by atoms with E-state index in [4.69, 9.17) is 9.36 Å². The number of carbonyl (C=O) groups is 1. The van der Waals surface area contributed by atoms with Crippen LogP contribution in [0.5, 0.6) is 0 Å². The zero-order valence-electron chi connectivity index (χ0n) is 11.2. The molecule has 0 aliphatic carbocycles. The van der Waals surface area contributed by atoms with Crippen LogP contribution in [0.1, 0.15) is 17.7 Å². The molecule has 3 rings (SSSR count). The second-order valence-electron chi connectivity index (χ2n) is 4.63. The van der Waals surface area contributed by atoms with Gasteiger partial charge < -0.3 is 14.7 Å². The van der Waals surface area contributed by atoms with Crippen molar-refractivity contribution in [3.05, 3.63) is 47.5 Å². The van der Waals surface area contributed by atoms with Crippen molar-refractivity contribution in [3.63, 3.8) is 0 Å². The zero-order chi connectivity index (χ0) is 14.8. The molecule has 6 nitrogen and oxygen atoms in total. The topological polar surface area (TPSA) is 76.7 Å². The second kappa shape index (κ2) is 5.35. The Balaban J connectivity index is 1.66. The number of aryl methyl sites for hydroxylation is 1. The molecular formula is C14H12FN3O3. The lowest BCUT2D eigenvalue weighted by atomic mass is 10.0. The Morgan fingerprint density at radius 1 is 1.43 bits per heavy atom. The van der Waals surface area contributed by atoms with Gasteiger partial charge in [0.15, 0.2) is 5.82 Å². The van der Waals surface area contributed by atoms with Crippen molar-refractivity contribution in [3.8, 4) is 0 Å². The van der Waals surface area contributed by atoms with Crippen molar-refractivity contribution in [2.45, 2.75) is 19.4 Å². The minimum Gasteiger partial charge on any atom is -0.382 e. The molecule has 1 aliphatic rings. The van der Waals surface area contributed by atoms with Crippen LogP contribution in [0, 0.1) is 12.7 Å². The zero-order valence-corrected chi connectivity index (χ0v) is 11.2. The Bertz CT molecular complexity index is 711. The summed E-state index contributed by atoms with van der Waals surface area (Å²) in [5.74, 6) is 0.0906. The number of nitrogens with zero attached hydrogens (tertiary/aromatic N) is 2. The predicted molar refractivity (Wildman–Crippen MR) is 72.3 cm³/mol. The first kappa shape index (κ1) is 13.3. The Labute approximate surface area is 119 Å². The number of aromatic nitrogens is 1. The van der Waals surface area contributed by atoms with E-state index in [0.717, 1.165) is 0 Å². The molecule has 1 amide bonds. The van der Waals surface area contributed by atoms with Crippen molar-refractivity contribution in [1.82, 2.24) is 5.16 Å². The van der Waals surface area contributed by atoms with E-state index < -0.39 is 17.8 Å². The van der Waals surface area contributed by atoms with Gasteiger partial charge in [-0.3, -0.25) is 4.79 Å². The van der Waals surface area contributed by atoms with Crippen LogP contribution in [0.15, 0.2) is 40.0 Å². The molecule has 0 saturated heterocycles. The standard InChI is InChI=1S/C14H12FN3O3/c1-8-6-13(18-20-8)16-14(19)12-7-11(17-21-12)9-4-2-3-5-10(9)15/h2-6,12H,7H2,1H3,(H,16,18,19).